The molecule has 0 bridgehead atoms. The van der Waals surface area contributed by atoms with E-state index in [1.165, 1.54) is 0 Å². The summed E-state index contributed by atoms with van der Waals surface area (Å²) in [4.78, 5) is 20.8. The van der Waals surface area contributed by atoms with Gasteiger partial charge in [0.2, 0.25) is 0 Å². The van der Waals surface area contributed by atoms with Gasteiger partial charge < -0.3 is 0 Å². The van der Waals surface area contributed by atoms with E-state index < -0.39 is 0 Å². The minimum absolute atomic E-state index is 0.172. The van der Waals surface area contributed by atoms with E-state index in [9.17, 15) is 4.79 Å². The van der Waals surface area contributed by atoms with Crippen LogP contribution in [0, 0.1) is 0 Å². The second-order valence-corrected chi connectivity index (χ2v) is 4.68. The monoisotopic (exact) mass is 234 g/mol. The number of allylic oxidation sites excluding steroid dienone is 4. The first-order valence-corrected chi connectivity index (χ1v) is 6.00. The number of rotatable bonds is 0. The highest BCUT2D eigenvalue weighted by atomic mass is 16.1. The summed E-state index contributed by atoms with van der Waals surface area (Å²) in [5.74, 6) is 0.172. The zero-order valence-electron chi connectivity index (χ0n) is 9.68. The molecule has 1 aromatic heterocycles. The van der Waals surface area contributed by atoms with Crippen molar-refractivity contribution in [3.05, 3.63) is 53.4 Å². The Kier molecular flexibility index (Phi) is 1.81. The maximum absolute atomic E-state index is 11.4. The van der Waals surface area contributed by atoms with E-state index in [4.69, 9.17) is 0 Å². The number of aromatic nitrogens is 2. The Bertz CT molecular complexity index is 756. The molecule has 18 heavy (non-hydrogen) atoms. The zero-order valence-corrected chi connectivity index (χ0v) is 9.68. The lowest BCUT2D eigenvalue weighted by molar-refractivity contribution is -0.114. The van der Waals surface area contributed by atoms with E-state index in [2.05, 4.69) is 9.97 Å². The number of nitrogens with zero attached hydrogens (tertiary/aromatic N) is 2. The maximum Gasteiger partial charge on any atom is 0.159 e. The molecule has 0 amide bonds. The Hall–Kier alpha value is -2.29. The Morgan fingerprint density at radius 2 is 1.72 bits per heavy atom. The number of fused-ring (bicyclic) bond motifs is 3. The Balaban J connectivity index is 1.95. The largest absolute Gasteiger partial charge is 0.294 e. The third kappa shape index (κ3) is 1.27. The van der Waals surface area contributed by atoms with Crippen LogP contribution in [0.15, 0.2) is 42.0 Å². The topological polar surface area (TPSA) is 42.9 Å². The van der Waals surface area contributed by atoms with Crippen molar-refractivity contribution in [1.82, 2.24) is 9.97 Å². The molecule has 2 aliphatic carbocycles. The maximum atomic E-state index is 11.4. The van der Waals surface area contributed by atoms with Crippen molar-refractivity contribution in [2.45, 2.75) is 12.8 Å². The van der Waals surface area contributed by atoms with Gasteiger partial charge in [0.1, 0.15) is 0 Å². The molecule has 0 fully saturated rings. The molecule has 0 unspecified atom stereocenters. The van der Waals surface area contributed by atoms with E-state index in [1.807, 2.05) is 30.3 Å². The predicted molar refractivity (Wildman–Crippen MR) is 68.9 cm³/mol. The molecule has 1 heterocycles. The number of hydrogen-bond donors (Lipinski definition) is 0. The summed E-state index contributed by atoms with van der Waals surface area (Å²) < 4.78 is 0. The van der Waals surface area contributed by atoms with E-state index >= 15 is 0 Å². The molecule has 2 aromatic rings. The lowest BCUT2D eigenvalue weighted by Gasteiger charge is -2.06. The SMILES string of the molecule is O=C1C=CC2=C(C1)Cc1nc3ccccc3nc12. The van der Waals surface area contributed by atoms with Crippen LogP contribution >= 0.6 is 0 Å². The van der Waals surface area contributed by atoms with E-state index in [0.717, 1.165) is 40.0 Å². The highest BCUT2D eigenvalue weighted by Crippen LogP contribution is 2.36. The van der Waals surface area contributed by atoms with E-state index in [0.29, 0.717) is 6.42 Å². The van der Waals surface area contributed by atoms with Crippen molar-refractivity contribution in [1.29, 1.82) is 0 Å². The van der Waals surface area contributed by atoms with Crippen LogP contribution in [0.1, 0.15) is 17.8 Å². The van der Waals surface area contributed by atoms with Crippen LogP contribution in [0.25, 0.3) is 16.6 Å². The first-order chi connectivity index (χ1) is 8.81. The highest BCUT2D eigenvalue weighted by molar-refractivity contribution is 6.01. The van der Waals surface area contributed by atoms with Gasteiger partial charge in [0, 0.05) is 18.4 Å². The first kappa shape index (κ1) is 9.71. The average molecular weight is 234 g/mol. The zero-order chi connectivity index (χ0) is 12.1. The molecule has 0 atom stereocenters. The molecule has 0 saturated carbocycles. The van der Waals surface area contributed by atoms with Crippen molar-refractivity contribution in [3.8, 4) is 0 Å². The Morgan fingerprint density at radius 1 is 0.944 bits per heavy atom. The van der Waals surface area contributed by atoms with Gasteiger partial charge in [-0.05, 0) is 29.9 Å². The first-order valence-electron chi connectivity index (χ1n) is 6.00. The molecule has 0 radical (unpaired) electrons. The standard InChI is InChI=1S/C15H10N2O/c18-10-5-6-11-9(7-10)8-14-15(11)17-13-4-2-1-3-12(13)16-14/h1-6H,7-8H2. The van der Waals surface area contributed by atoms with Gasteiger partial charge in [-0.3, -0.25) is 4.79 Å². The summed E-state index contributed by atoms with van der Waals surface area (Å²) in [7, 11) is 0. The summed E-state index contributed by atoms with van der Waals surface area (Å²) >= 11 is 0. The Labute approximate surface area is 104 Å². The van der Waals surface area contributed by atoms with Crippen molar-refractivity contribution in [3.63, 3.8) is 0 Å². The fourth-order valence-electron chi connectivity index (χ4n) is 2.64. The second-order valence-electron chi connectivity index (χ2n) is 4.68. The fourth-order valence-corrected chi connectivity index (χ4v) is 2.64. The summed E-state index contributed by atoms with van der Waals surface area (Å²) in [5, 5.41) is 0. The third-order valence-corrected chi connectivity index (χ3v) is 3.48. The van der Waals surface area contributed by atoms with Crippen LogP contribution in [0.5, 0.6) is 0 Å². The molecule has 86 valence electrons. The molecular formula is C15H10N2O. The highest BCUT2D eigenvalue weighted by Gasteiger charge is 2.26. The quantitative estimate of drug-likeness (QED) is 0.703. The predicted octanol–water partition coefficient (Wildman–Crippen LogP) is 2.47. The van der Waals surface area contributed by atoms with Gasteiger partial charge in [-0.25, -0.2) is 9.97 Å². The van der Waals surface area contributed by atoms with Crippen molar-refractivity contribution < 1.29 is 4.79 Å². The van der Waals surface area contributed by atoms with Gasteiger partial charge >= 0.3 is 0 Å². The summed E-state index contributed by atoms with van der Waals surface area (Å²) in [5.41, 5.74) is 6.04. The number of carbonyl (C=O) groups excluding carboxylic acids is 1. The number of hydrogen-bond acceptors (Lipinski definition) is 3. The summed E-state index contributed by atoms with van der Waals surface area (Å²) in [6.45, 7) is 0. The molecule has 1 aromatic carbocycles. The number of para-hydroxylation sites is 2. The molecule has 4 rings (SSSR count). The number of ketones is 1. The number of carbonyl (C=O) groups is 1. The summed E-state index contributed by atoms with van der Waals surface area (Å²) in [6.07, 6.45) is 4.81. The molecule has 0 saturated heterocycles. The van der Waals surface area contributed by atoms with Gasteiger partial charge in [-0.15, -0.1) is 0 Å². The van der Waals surface area contributed by atoms with Crippen LogP contribution < -0.4 is 0 Å². The molecule has 2 aliphatic rings. The lowest BCUT2D eigenvalue weighted by Crippen LogP contribution is -2.00. The van der Waals surface area contributed by atoms with Crippen LogP contribution in [0.3, 0.4) is 0 Å². The average Bonchev–Trinajstić information content (AvgIpc) is 2.72. The lowest BCUT2D eigenvalue weighted by atomic mass is 9.99. The van der Waals surface area contributed by atoms with Crippen LogP contribution in [-0.2, 0) is 11.2 Å². The van der Waals surface area contributed by atoms with Gasteiger partial charge in [-0.1, -0.05) is 12.1 Å². The van der Waals surface area contributed by atoms with Crippen molar-refractivity contribution in [2.75, 3.05) is 0 Å². The minimum Gasteiger partial charge on any atom is -0.294 e. The van der Waals surface area contributed by atoms with Crippen molar-refractivity contribution >= 4 is 22.4 Å². The van der Waals surface area contributed by atoms with Gasteiger partial charge in [0.15, 0.2) is 5.78 Å². The van der Waals surface area contributed by atoms with Crippen LogP contribution in [-0.4, -0.2) is 15.8 Å². The smallest absolute Gasteiger partial charge is 0.159 e. The van der Waals surface area contributed by atoms with E-state index in [-0.39, 0.29) is 5.78 Å². The van der Waals surface area contributed by atoms with Crippen molar-refractivity contribution in [2.24, 2.45) is 0 Å². The Morgan fingerprint density at radius 3 is 2.56 bits per heavy atom. The molecular weight excluding hydrogens is 224 g/mol. The van der Waals surface area contributed by atoms with Gasteiger partial charge in [0.25, 0.3) is 0 Å². The molecule has 0 aliphatic heterocycles. The summed E-state index contributed by atoms with van der Waals surface area (Å²) in [6, 6.07) is 7.88. The fraction of sp³-hybridized carbons (Fsp3) is 0.133. The number of benzene rings is 1. The van der Waals surface area contributed by atoms with Crippen LogP contribution in [0.4, 0.5) is 0 Å². The molecule has 0 N–H and O–H groups in total. The van der Waals surface area contributed by atoms with E-state index in [1.54, 1.807) is 6.08 Å². The second kappa shape index (κ2) is 3.35. The normalized spacial score (nSPS) is 17.2. The third-order valence-electron chi connectivity index (χ3n) is 3.48. The van der Waals surface area contributed by atoms with Gasteiger partial charge in [-0.2, -0.15) is 0 Å². The van der Waals surface area contributed by atoms with Gasteiger partial charge in [0.05, 0.1) is 22.4 Å². The molecule has 3 nitrogen and oxygen atoms in total. The molecule has 3 heteroatoms. The minimum atomic E-state index is 0.172. The molecule has 0 spiro atoms. The van der Waals surface area contributed by atoms with Crippen LogP contribution in [0.2, 0.25) is 0 Å².